The molecule has 0 aliphatic carbocycles. The molecule has 0 bridgehead atoms. The number of likely N-dealkylation sites (N-methyl/N-ethyl adjacent to an activating group) is 1. The molecule has 2 rings (SSSR count). The summed E-state index contributed by atoms with van der Waals surface area (Å²) in [4.78, 5) is 2.73. The van der Waals surface area contributed by atoms with E-state index in [4.69, 9.17) is 27.4 Å². The molecule has 4 nitrogen and oxygen atoms in total. The van der Waals surface area contributed by atoms with Crippen LogP contribution in [0.15, 0.2) is 24.3 Å². The van der Waals surface area contributed by atoms with E-state index in [1.54, 1.807) is 0 Å². The molecule has 21 heavy (non-hydrogen) atoms. The Morgan fingerprint density at radius 1 is 1.48 bits per heavy atom. The summed E-state index contributed by atoms with van der Waals surface area (Å²) in [6.07, 6.45) is 2.73. The van der Waals surface area contributed by atoms with Gasteiger partial charge in [0, 0.05) is 19.7 Å². The van der Waals surface area contributed by atoms with Crippen LogP contribution < -0.4 is 10.5 Å². The van der Waals surface area contributed by atoms with E-state index >= 15 is 0 Å². The van der Waals surface area contributed by atoms with Crippen molar-refractivity contribution in [1.29, 1.82) is 0 Å². The van der Waals surface area contributed by atoms with Gasteiger partial charge in [-0.25, -0.2) is 0 Å². The first-order valence-corrected chi connectivity index (χ1v) is 7.97. The number of ether oxygens (including phenoxy) is 2. The third-order valence-corrected chi connectivity index (χ3v) is 3.97. The van der Waals surface area contributed by atoms with E-state index in [0.29, 0.717) is 17.7 Å². The zero-order chi connectivity index (χ0) is 15.1. The van der Waals surface area contributed by atoms with Crippen molar-refractivity contribution in [2.75, 3.05) is 32.8 Å². The first-order valence-electron chi connectivity index (χ1n) is 7.56. The summed E-state index contributed by atoms with van der Waals surface area (Å²) in [6, 6.07) is 7.64. The van der Waals surface area contributed by atoms with Gasteiger partial charge >= 0.3 is 0 Å². The molecule has 2 N–H and O–H groups in total. The van der Waals surface area contributed by atoms with E-state index in [1.165, 1.54) is 12.8 Å². The van der Waals surface area contributed by atoms with Crippen molar-refractivity contribution in [2.24, 2.45) is 5.73 Å². The second kappa shape index (κ2) is 8.32. The number of hydrogen-bond acceptors (Lipinski definition) is 4. The summed E-state index contributed by atoms with van der Waals surface area (Å²) < 4.78 is 11.5. The highest BCUT2D eigenvalue weighted by Crippen LogP contribution is 2.18. The maximum absolute atomic E-state index is 5.85. The first kappa shape index (κ1) is 16.2. The zero-order valence-electron chi connectivity index (χ0n) is 12.6. The van der Waals surface area contributed by atoms with E-state index in [0.717, 1.165) is 37.6 Å². The van der Waals surface area contributed by atoms with Crippen LogP contribution in [0, 0.1) is 0 Å². The van der Waals surface area contributed by atoms with Crippen molar-refractivity contribution in [3.63, 3.8) is 0 Å². The minimum atomic E-state index is 0.373. The zero-order valence-corrected chi connectivity index (χ0v) is 13.4. The minimum Gasteiger partial charge on any atom is -0.492 e. The highest BCUT2D eigenvalue weighted by Gasteiger charge is 2.18. The number of hydrogen-bond donors (Lipinski definition) is 1. The van der Waals surface area contributed by atoms with E-state index in [1.807, 2.05) is 24.3 Å². The van der Waals surface area contributed by atoms with Crippen LogP contribution in [0.4, 0.5) is 0 Å². The Morgan fingerprint density at radius 2 is 2.29 bits per heavy atom. The molecule has 1 saturated heterocycles. The summed E-state index contributed by atoms with van der Waals surface area (Å²) in [5.41, 5.74) is 6.51. The molecule has 1 heterocycles. The van der Waals surface area contributed by atoms with Gasteiger partial charge in [-0.05, 0) is 31.5 Å². The monoisotopic (exact) mass is 308 g/mol. The molecular formula is C16H24N2O2S. The summed E-state index contributed by atoms with van der Waals surface area (Å²) in [6.45, 7) is 6.55. The predicted octanol–water partition coefficient (Wildman–Crippen LogP) is 2.20. The van der Waals surface area contributed by atoms with E-state index in [2.05, 4.69) is 11.8 Å². The first-order chi connectivity index (χ1) is 10.2. The third kappa shape index (κ3) is 4.95. The van der Waals surface area contributed by atoms with Crippen molar-refractivity contribution >= 4 is 17.2 Å². The number of para-hydroxylation sites is 1. The van der Waals surface area contributed by atoms with Crippen molar-refractivity contribution in [3.8, 4) is 5.75 Å². The van der Waals surface area contributed by atoms with Gasteiger partial charge in [0.05, 0.1) is 11.7 Å². The van der Waals surface area contributed by atoms with Gasteiger partial charge < -0.3 is 15.2 Å². The lowest BCUT2D eigenvalue weighted by atomic mass is 10.2. The van der Waals surface area contributed by atoms with E-state index in [9.17, 15) is 0 Å². The van der Waals surface area contributed by atoms with Gasteiger partial charge in [0.1, 0.15) is 17.3 Å². The summed E-state index contributed by atoms with van der Waals surface area (Å²) >= 11 is 5.04. The summed E-state index contributed by atoms with van der Waals surface area (Å²) in [5.74, 6) is 0.762. The van der Waals surface area contributed by atoms with Gasteiger partial charge in [0.25, 0.3) is 0 Å². The summed E-state index contributed by atoms with van der Waals surface area (Å²) in [5, 5.41) is 0. The smallest absolute Gasteiger partial charge is 0.129 e. The number of rotatable bonds is 8. The molecule has 0 spiro atoms. The average Bonchev–Trinajstić information content (AvgIpc) is 2.99. The SMILES string of the molecule is CCN(CCOc1ccccc1C(N)=S)CC1CCCO1. The maximum atomic E-state index is 5.85. The van der Waals surface area contributed by atoms with E-state index in [-0.39, 0.29) is 0 Å². The molecule has 1 aromatic rings. The van der Waals surface area contributed by atoms with Gasteiger partial charge in [0.15, 0.2) is 0 Å². The molecule has 1 aromatic carbocycles. The normalized spacial score (nSPS) is 18.1. The van der Waals surface area contributed by atoms with Crippen LogP contribution >= 0.6 is 12.2 Å². The lowest BCUT2D eigenvalue weighted by Gasteiger charge is -2.23. The highest BCUT2D eigenvalue weighted by atomic mass is 32.1. The van der Waals surface area contributed by atoms with Crippen LogP contribution in [0.25, 0.3) is 0 Å². The second-order valence-corrected chi connectivity index (χ2v) is 5.68. The Morgan fingerprint density at radius 3 is 2.95 bits per heavy atom. The van der Waals surface area contributed by atoms with Crippen molar-refractivity contribution in [3.05, 3.63) is 29.8 Å². The molecular weight excluding hydrogens is 284 g/mol. The molecule has 1 unspecified atom stereocenters. The molecule has 0 saturated carbocycles. The van der Waals surface area contributed by atoms with Gasteiger partial charge in [0.2, 0.25) is 0 Å². The van der Waals surface area contributed by atoms with Crippen LogP contribution in [0.5, 0.6) is 5.75 Å². The Balaban J connectivity index is 1.80. The number of nitrogens with zero attached hydrogens (tertiary/aromatic N) is 1. The largest absolute Gasteiger partial charge is 0.492 e. The van der Waals surface area contributed by atoms with Crippen molar-refractivity contribution in [2.45, 2.75) is 25.9 Å². The highest BCUT2D eigenvalue weighted by molar-refractivity contribution is 7.80. The fourth-order valence-electron chi connectivity index (χ4n) is 2.54. The number of nitrogens with two attached hydrogens (primary N) is 1. The molecule has 5 heteroatoms. The standard InChI is InChI=1S/C16H24N2O2S/c1-2-18(12-13-6-5-10-19-13)9-11-20-15-8-4-3-7-14(15)16(17)21/h3-4,7-8,13H,2,5-6,9-12H2,1H3,(H2,17,21). The average molecular weight is 308 g/mol. The molecule has 0 aromatic heterocycles. The molecule has 1 aliphatic heterocycles. The molecule has 1 aliphatic rings. The Labute approximate surface area is 132 Å². The Kier molecular flexibility index (Phi) is 6.42. The van der Waals surface area contributed by atoms with Crippen LogP contribution in [-0.2, 0) is 4.74 Å². The fraction of sp³-hybridized carbons (Fsp3) is 0.562. The van der Waals surface area contributed by atoms with Gasteiger partial charge in [-0.1, -0.05) is 31.3 Å². The quantitative estimate of drug-likeness (QED) is 0.746. The molecule has 1 fully saturated rings. The lowest BCUT2D eigenvalue weighted by molar-refractivity contribution is 0.0701. The topological polar surface area (TPSA) is 47.7 Å². The third-order valence-electron chi connectivity index (χ3n) is 3.75. The molecule has 0 amide bonds. The fourth-order valence-corrected chi connectivity index (χ4v) is 2.70. The Hall–Kier alpha value is -1.17. The molecule has 116 valence electrons. The van der Waals surface area contributed by atoms with Crippen molar-refractivity contribution in [1.82, 2.24) is 4.90 Å². The van der Waals surface area contributed by atoms with Crippen LogP contribution in [-0.4, -0.2) is 48.8 Å². The lowest BCUT2D eigenvalue weighted by Crippen LogP contribution is -2.35. The van der Waals surface area contributed by atoms with Gasteiger partial charge in [-0.15, -0.1) is 0 Å². The van der Waals surface area contributed by atoms with Crippen LogP contribution in [0.1, 0.15) is 25.3 Å². The second-order valence-electron chi connectivity index (χ2n) is 5.24. The van der Waals surface area contributed by atoms with Gasteiger partial charge in [-0.3, -0.25) is 4.90 Å². The number of benzene rings is 1. The molecule has 0 radical (unpaired) electrons. The predicted molar refractivity (Wildman–Crippen MR) is 88.9 cm³/mol. The molecule has 1 atom stereocenters. The van der Waals surface area contributed by atoms with E-state index < -0.39 is 0 Å². The summed E-state index contributed by atoms with van der Waals surface area (Å²) in [7, 11) is 0. The van der Waals surface area contributed by atoms with Gasteiger partial charge in [-0.2, -0.15) is 0 Å². The van der Waals surface area contributed by atoms with Crippen LogP contribution in [0.2, 0.25) is 0 Å². The Bertz CT molecular complexity index is 461. The van der Waals surface area contributed by atoms with Crippen LogP contribution in [0.3, 0.4) is 0 Å². The number of thiocarbonyl (C=S) groups is 1. The van der Waals surface area contributed by atoms with Crippen molar-refractivity contribution < 1.29 is 9.47 Å². The minimum absolute atomic E-state index is 0.373. The maximum Gasteiger partial charge on any atom is 0.129 e.